The minimum absolute atomic E-state index is 0.164. The molecule has 20 heavy (non-hydrogen) atoms. The van der Waals surface area contributed by atoms with Crippen LogP contribution in [0, 0.1) is 0 Å². The number of carbonyl (C=O) groups excluding carboxylic acids is 1. The number of hydrogen-bond acceptors (Lipinski definition) is 4. The van der Waals surface area contributed by atoms with Crippen LogP contribution >= 0.6 is 11.3 Å². The average Bonchev–Trinajstić information content (AvgIpc) is 2.98. The van der Waals surface area contributed by atoms with Crippen LogP contribution in [0.3, 0.4) is 0 Å². The van der Waals surface area contributed by atoms with Crippen LogP contribution in [-0.2, 0) is 11.3 Å². The highest BCUT2D eigenvalue weighted by Gasteiger charge is 2.41. The molecular weight excluding hydrogens is 272 g/mol. The first kappa shape index (κ1) is 14.0. The lowest BCUT2D eigenvalue weighted by molar-refractivity contribution is -0.133. The lowest BCUT2D eigenvalue weighted by Gasteiger charge is -2.37. The van der Waals surface area contributed by atoms with Crippen LogP contribution in [0.1, 0.15) is 30.6 Å². The van der Waals surface area contributed by atoms with Crippen LogP contribution < -0.4 is 0 Å². The van der Waals surface area contributed by atoms with Gasteiger partial charge < -0.3 is 10.0 Å². The van der Waals surface area contributed by atoms with E-state index in [2.05, 4.69) is 11.0 Å². The van der Waals surface area contributed by atoms with Crippen molar-refractivity contribution >= 4 is 17.2 Å². The van der Waals surface area contributed by atoms with E-state index in [1.54, 1.807) is 11.3 Å². The first-order chi connectivity index (χ1) is 9.63. The molecule has 1 N–H and O–H groups in total. The topological polar surface area (TPSA) is 43.8 Å². The van der Waals surface area contributed by atoms with Crippen molar-refractivity contribution in [2.75, 3.05) is 13.6 Å². The minimum Gasteiger partial charge on any atom is -0.393 e. The summed E-state index contributed by atoms with van der Waals surface area (Å²) in [4.78, 5) is 17.7. The van der Waals surface area contributed by atoms with Crippen molar-refractivity contribution in [3.05, 3.63) is 22.4 Å². The van der Waals surface area contributed by atoms with Crippen LogP contribution in [0.15, 0.2) is 17.5 Å². The predicted octanol–water partition coefficient (Wildman–Crippen LogP) is 1.69. The molecule has 0 aliphatic carbocycles. The van der Waals surface area contributed by atoms with Gasteiger partial charge in [0.05, 0.1) is 19.2 Å². The van der Waals surface area contributed by atoms with Gasteiger partial charge in [0, 0.05) is 24.0 Å². The molecule has 2 aliphatic rings. The molecule has 0 spiro atoms. The van der Waals surface area contributed by atoms with Gasteiger partial charge in [-0.3, -0.25) is 9.69 Å². The number of likely N-dealkylation sites (N-methyl/N-ethyl adjacent to an activating group) is 1. The third-order valence-corrected chi connectivity index (χ3v) is 5.44. The summed E-state index contributed by atoms with van der Waals surface area (Å²) in [6.45, 7) is 1.20. The van der Waals surface area contributed by atoms with Crippen molar-refractivity contribution < 1.29 is 9.90 Å². The lowest BCUT2D eigenvalue weighted by Crippen LogP contribution is -2.49. The number of rotatable bonds is 4. The van der Waals surface area contributed by atoms with Gasteiger partial charge in [-0.25, -0.2) is 0 Å². The second kappa shape index (κ2) is 5.84. The Hall–Kier alpha value is -0.910. The first-order valence-corrected chi connectivity index (χ1v) is 8.21. The van der Waals surface area contributed by atoms with Gasteiger partial charge in [-0.15, -0.1) is 11.3 Å². The molecular formula is C15H22N2O2S. The molecule has 2 aliphatic heterocycles. The van der Waals surface area contributed by atoms with E-state index in [0.717, 1.165) is 25.7 Å². The lowest BCUT2D eigenvalue weighted by atomic mass is 10.00. The minimum atomic E-state index is -0.164. The molecule has 2 atom stereocenters. The van der Waals surface area contributed by atoms with Gasteiger partial charge in [-0.2, -0.15) is 0 Å². The Morgan fingerprint density at radius 1 is 1.45 bits per heavy atom. The number of amides is 1. The van der Waals surface area contributed by atoms with Crippen molar-refractivity contribution in [3.8, 4) is 0 Å². The molecule has 1 aromatic rings. The summed E-state index contributed by atoms with van der Waals surface area (Å²) in [5, 5.41) is 11.8. The largest absolute Gasteiger partial charge is 0.393 e. The maximum atomic E-state index is 12.4. The van der Waals surface area contributed by atoms with Crippen molar-refractivity contribution in [3.63, 3.8) is 0 Å². The van der Waals surface area contributed by atoms with Gasteiger partial charge >= 0.3 is 0 Å². The van der Waals surface area contributed by atoms with E-state index < -0.39 is 0 Å². The highest BCUT2D eigenvalue weighted by atomic mass is 32.1. The van der Waals surface area contributed by atoms with Crippen LogP contribution in [0.2, 0.25) is 0 Å². The smallest absolute Gasteiger partial charge is 0.236 e. The molecule has 3 rings (SSSR count). The van der Waals surface area contributed by atoms with Gasteiger partial charge in [0.1, 0.15) is 0 Å². The first-order valence-electron chi connectivity index (χ1n) is 7.33. The number of hydrogen-bond donors (Lipinski definition) is 1. The average molecular weight is 294 g/mol. The fraction of sp³-hybridized carbons (Fsp3) is 0.667. The molecule has 0 saturated carbocycles. The normalized spacial score (nSPS) is 29.6. The van der Waals surface area contributed by atoms with Gasteiger partial charge in [0.2, 0.25) is 5.91 Å². The molecule has 5 heteroatoms. The molecule has 0 aromatic carbocycles. The number of thiophene rings is 1. The monoisotopic (exact) mass is 294 g/mol. The van der Waals surface area contributed by atoms with E-state index in [0.29, 0.717) is 25.2 Å². The Balaban J connectivity index is 1.56. The molecule has 3 heterocycles. The molecule has 2 bridgehead atoms. The molecule has 1 aromatic heterocycles. The Morgan fingerprint density at radius 2 is 2.15 bits per heavy atom. The summed E-state index contributed by atoms with van der Waals surface area (Å²) in [5.41, 5.74) is 0. The van der Waals surface area contributed by atoms with E-state index in [1.807, 2.05) is 23.4 Å². The maximum Gasteiger partial charge on any atom is 0.236 e. The van der Waals surface area contributed by atoms with Gasteiger partial charge in [0.15, 0.2) is 0 Å². The van der Waals surface area contributed by atoms with Gasteiger partial charge in [-0.05, 0) is 37.1 Å². The van der Waals surface area contributed by atoms with Crippen LogP contribution in [0.4, 0.5) is 0 Å². The summed E-state index contributed by atoms with van der Waals surface area (Å²) < 4.78 is 0. The molecule has 2 fully saturated rings. The Bertz CT molecular complexity index is 448. The highest BCUT2D eigenvalue weighted by molar-refractivity contribution is 7.09. The standard InChI is InChI=1S/C15H22N2O2S/c1-16(9-14-3-2-6-20-14)15(19)10-17-11-4-5-12(17)8-13(18)7-11/h2-3,6,11-13,18H,4-5,7-10H2,1H3. The van der Waals surface area contributed by atoms with Gasteiger partial charge in [0.25, 0.3) is 0 Å². The zero-order valence-electron chi connectivity index (χ0n) is 11.9. The fourth-order valence-corrected chi connectivity index (χ4v) is 4.26. The van der Waals surface area contributed by atoms with Crippen LogP contribution in [-0.4, -0.2) is 52.6 Å². The second-order valence-corrected chi connectivity index (χ2v) is 7.04. The molecule has 0 radical (unpaired) electrons. The Kier molecular flexibility index (Phi) is 4.10. The zero-order valence-corrected chi connectivity index (χ0v) is 12.7. The summed E-state index contributed by atoms with van der Waals surface area (Å²) >= 11 is 1.69. The molecule has 2 saturated heterocycles. The SMILES string of the molecule is CN(Cc1cccs1)C(=O)CN1C2CCC1CC(O)C2. The van der Waals surface area contributed by atoms with E-state index in [1.165, 1.54) is 4.88 Å². The molecule has 4 nitrogen and oxygen atoms in total. The van der Waals surface area contributed by atoms with Crippen LogP contribution in [0.25, 0.3) is 0 Å². The van der Waals surface area contributed by atoms with E-state index in [4.69, 9.17) is 0 Å². The summed E-state index contributed by atoms with van der Waals surface area (Å²) in [6.07, 6.45) is 3.76. The number of carbonyl (C=O) groups is 1. The summed E-state index contributed by atoms with van der Waals surface area (Å²) in [6, 6.07) is 4.89. The number of nitrogens with zero attached hydrogens (tertiary/aromatic N) is 2. The third kappa shape index (κ3) is 2.90. The van der Waals surface area contributed by atoms with Crippen molar-refractivity contribution in [2.45, 2.75) is 50.4 Å². The van der Waals surface area contributed by atoms with Crippen molar-refractivity contribution in [1.82, 2.24) is 9.80 Å². The number of piperidine rings is 1. The fourth-order valence-electron chi connectivity index (χ4n) is 3.50. The maximum absolute atomic E-state index is 12.4. The quantitative estimate of drug-likeness (QED) is 0.919. The summed E-state index contributed by atoms with van der Waals surface area (Å²) in [5.74, 6) is 0.187. The molecule has 110 valence electrons. The second-order valence-electron chi connectivity index (χ2n) is 6.01. The van der Waals surface area contributed by atoms with Crippen molar-refractivity contribution in [1.29, 1.82) is 0 Å². The highest BCUT2D eigenvalue weighted by Crippen LogP contribution is 2.35. The zero-order chi connectivity index (χ0) is 14.1. The van der Waals surface area contributed by atoms with Crippen molar-refractivity contribution in [2.24, 2.45) is 0 Å². The third-order valence-electron chi connectivity index (χ3n) is 4.58. The molecule has 2 unspecified atom stereocenters. The predicted molar refractivity (Wildman–Crippen MR) is 79.5 cm³/mol. The number of aliphatic hydroxyl groups excluding tert-OH is 1. The molecule has 1 amide bonds. The number of aliphatic hydroxyl groups is 1. The van der Waals surface area contributed by atoms with E-state index >= 15 is 0 Å². The van der Waals surface area contributed by atoms with Crippen LogP contribution in [0.5, 0.6) is 0 Å². The van der Waals surface area contributed by atoms with E-state index in [9.17, 15) is 9.90 Å². The van der Waals surface area contributed by atoms with Gasteiger partial charge in [-0.1, -0.05) is 6.07 Å². The number of fused-ring (bicyclic) bond motifs is 2. The Labute approximate surface area is 124 Å². The summed E-state index contributed by atoms with van der Waals surface area (Å²) in [7, 11) is 1.88. The van der Waals surface area contributed by atoms with E-state index in [-0.39, 0.29) is 12.0 Å². The Morgan fingerprint density at radius 3 is 2.75 bits per heavy atom.